The van der Waals surface area contributed by atoms with Crippen molar-refractivity contribution >= 4 is 11.9 Å². The monoisotopic (exact) mass is 410 g/mol. The van der Waals surface area contributed by atoms with Crippen LogP contribution in [-0.2, 0) is 13.1 Å². The highest BCUT2D eigenvalue weighted by Gasteiger charge is 2.08. The standard InChI is InChI=1S/C24H34N4O2/c1-18(2)14-15-30-22-9-7-6-8-21(22)17-27-24(25-3)26-16-19-10-12-20(13-11-19)23(29)28(4)5/h6-13,18H,14-17H2,1-5H3,(H2,25,26,27). The van der Waals surface area contributed by atoms with Gasteiger partial charge in [-0.1, -0.05) is 44.2 Å². The van der Waals surface area contributed by atoms with Crippen LogP contribution in [0.2, 0.25) is 0 Å². The summed E-state index contributed by atoms with van der Waals surface area (Å²) < 4.78 is 5.96. The molecule has 2 aromatic carbocycles. The summed E-state index contributed by atoms with van der Waals surface area (Å²) in [7, 11) is 5.25. The molecule has 0 aliphatic rings. The third-order valence-corrected chi connectivity index (χ3v) is 4.66. The molecule has 0 heterocycles. The number of benzene rings is 2. The van der Waals surface area contributed by atoms with Crippen LogP contribution in [0.15, 0.2) is 53.5 Å². The van der Waals surface area contributed by atoms with E-state index in [0.717, 1.165) is 23.3 Å². The van der Waals surface area contributed by atoms with Gasteiger partial charge in [0.25, 0.3) is 5.91 Å². The summed E-state index contributed by atoms with van der Waals surface area (Å²) in [6, 6.07) is 15.7. The first-order chi connectivity index (χ1) is 14.4. The van der Waals surface area contributed by atoms with Crippen molar-refractivity contribution in [2.45, 2.75) is 33.4 Å². The summed E-state index contributed by atoms with van der Waals surface area (Å²) in [5, 5.41) is 6.65. The maximum atomic E-state index is 12.0. The van der Waals surface area contributed by atoms with Crippen LogP contribution in [-0.4, -0.2) is 44.5 Å². The van der Waals surface area contributed by atoms with E-state index in [4.69, 9.17) is 4.74 Å². The van der Waals surface area contributed by atoms with E-state index in [2.05, 4.69) is 35.5 Å². The summed E-state index contributed by atoms with van der Waals surface area (Å²) >= 11 is 0. The minimum absolute atomic E-state index is 0.00117. The highest BCUT2D eigenvalue weighted by molar-refractivity contribution is 5.93. The lowest BCUT2D eigenvalue weighted by Gasteiger charge is -2.15. The molecule has 0 atom stereocenters. The lowest BCUT2D eigenvalue weighted by molar-refractivity contribution is 0.0827. The van der Waals surface area contributed by atoms with Crippen LogP contribution in [0, 0.1) is 5.92 Å². The van der Waals surface area contributed by atoms with Crippen LogP contribution in [0.3, 0.4) is 0 Å². The first-order valence-corrected chi connectivity index (χ1v) is 10.4. The minimum atomic E-state index is 0.00117. The zero-order chi connectivity index (χ0) is 21.9. The largest absolute Gasteiger partial charge is 0.493 e. The van der Waals surface area contributed by atoms with Gasteiger partial charge in [-0.2, -0.15) is 0 Å². The molecule has 0 aromatic heterocycles. The van der Waals surface area contributed by atoms with Gasteiger partial charge in [-0.3, -0.25) is 9.79 Å². The van der Waals surface area contributed by atoms with Gasteiger partial charge in [0.05, 0.1) is 6.61 Å². The molecule has 0 bridgehead atoms. The Labute approximate surface area is 180 Å². The van der Waals surface area contributed by atoms with E-state index >= 15 is 0 Å². The Bertz CT molecular complexity index is 829. The van der Waals surface area contributed by atoms with Crippen LogP contribution in [0.1, 0.15) is 41.8 Å². The van der Waals surface area contributed by atoms with Gasteiger partial charge in [0.1, 0.15) is 5.75 Å². The maximum absolute atomic E-state index is 12.0. The van der Waals surface area contributed by atoms with Crippen molar-refractivity contribution in [3.05, 3.63) is 65.2 Å². The molecular weight excluding hydrogens is 376 g/mol. The Morgan fingerprint density at radius 1 is 1.03 bits per heavy atom. The van der Waals surface area contributed by atoms with Gasteiger partial charge in [0.2, 0.25) is 0 Å². The highest BCUT2D eigenvalue weighted by atomic mass is 16.5. The minimum Gasteiger partial charge on any atom is -0.493 e. The molecule has 0 aliphatic heterocycles. The van der Waals surface area contributed by atoms with E-state index in [1.54, 1.807) is 26.0 Å². The fourth-order valence-electron chi connectivity index (χ4n) is 2.80. The average molecular weight is 411 g/mol. The van der Waals surface area contributed by atoms with Gasteiger partial charge < -0.3 is 20.3 Å². The summed E-state index contributed by atoms with van der Waals surface area (Å²) in [4.78, 5) is 17.9. The fraction of sp³-hybridized carbons (Fsp3) is 0.417. The average Bonchev–Trinajstić information content (AvgIpc) is 2.74. The first kappa shape index (κ1) is 23.3. The normalized spacial score (nSPS) is 11.3. The van der Waals surface area contributed by atoms with E-state index < -0.39 is 0 Å². The zero-order valence-corrected chi connectivity index (χ0v) is 18.7. The number of para-hydroxylation sites is 1. The molecule has 2 aromatic rings. The lowest BCUT2D eigenvalue weighted by Crippen LogP contribution is -2.36. The zero-order valence-electron chi connectivity index (χ0n) is 18.7. The lowest BCUT2D eigenvalue weighted by atomic mass is 10.1. The molecule has 2 rings (SSSR count). The number of guanidine groups is 1. The number of hydrogen-bond donors (Lipinski definition) is 2. The van der Waals surface area contributed by atoms with Gasteiger partial charge in [0.15, 0.2) is 5.96 Å². The van der Waals surface area contributed by atoms with E-state index in [1.807, 2.05) is 42.5 Å². The predicted molar refractivity (Wildman–Crippen MR) is 123 cm³/mol. The molecule has 0 fully saturated rings. The van der Waals surface area contributed by atoms with Crippen molar-refractivity contribution in [3.8, 4) is 5.75 Å². The van der Waals surface area contributed by atoms with Gasteiger partial charge >= 0.3 is 0 Å². The third kappa shape index (κ3) is 7.43. The summed E-state index contributed by atoms with van der Waals surface area (Å²) in [5.74, 6) is 2.23. The summed E-state index contributed by atoms with van der Waals surface area (Å²) in [5.41, 5.74) is 2.85. The molecule has 0 spiro atoms. The smallest absolute Gasteiger partial charge is 0.253 e. The van der Waals surface area contributed by atoms with E-state index in [-0.39, 0.29) is 5.91 Å². The van der Waals surface area contributed by atoms with Crippen molar-refractivity contribution in [3.63, 3.8) is 0 Å². The Balaban J connectivity index is 1.88. The van der Waals surface area contributed by atoms with Crippen molar-refractivity contribution in [2.75, 3.05) is 27.7 Å². The molecular formula is C24H34N4O2. The second-order valence-corrected chi connectivity index (χ2v) is 7.81. The number of rotatable bonds is 9. The Kier molecular flexibility index (Phi) is 9.19. The SMILES string of the molecule is CN=C(NCc1ccc(C(=O)N(C)C)cc1)NCc1ccccc1OCCC(C)C. The molecule has 0 saturated carbocycles. The molecule has 0 radical (unpaired) electrons. The molecule has 6 nitrogen and oxygen atoms in total. The Morgan fingerprint density at radius 3 is 2.33 bits per heavy atom. The quantitative estimate of drug-likeness (QED) is 0.489. The molecule has 6 heteroatoms. The van der Waals surface area contributed by atoms with E-state index in [9.17, 15) is 4.79 Å². The molecule has 162 valence electrons. The van der Waals surface area contributed by atoms with Crippen LogP contribution in [0.25, 0.3) is 0 Å². The fourth-order valence-corrected chi connectivity index (χ4v) is 2.80. The van der Waals surface area contributed by atoms with Crippen LogP contribution < -0.4 is 15.4 Å². The Morgan fingerprint density at radius 2 is 1.70 bits per heavy atom. The molecule has 2 N–H and O–H groups in total. The summed E-state index contributed by atoms with van der Waals surface area (Å²) in [6.07, 6.45) is 1.03. The van der Waals surface area contributed by atoms with Crippen molar-refractivity contribution in [2.24, 2.45) is 10.9 Å². The number of ether oxygens (including phenoxy) is 1. The van der Waals surface area contributed by atoms with Gasteiger partial charge in [0, 0.05) is 45.4 Å². The molecule has 0 aliphatic carbocycles. The van der Waals surface area contributed by atoms with E-state index in [1.165, 1.54) is 0 Å². The van der Waals surface area contributed by atoms with Crippen molar-refractivity contribution < 1.29 is 9.53 Å². The Hall–Kier alpha value is -3.02. The number of hydrogen-bond acceptors (Lipinski definition) is 3. The van der Waals surface area contributed by atoms with Gasteiger partial charge in [-0.05, 0) is 36.1 Å². The number of nitrogens with one attached hydrogen (secondary N) is 2. The van der Waals surface area contributed by atoms with E-state index in [0.29, 0.717) is 37.1 Å². The first-order valence-electron chi connectivity index (χ1n) is 10.4. The highest BCUT2D eigenvalue weighted by Crippen LogP contribution is 2.18. The second-order valence-electron chi connectivity index (χ2n) is 7.81. The third-order valence-electron chi connectivity index (χ3n) is 4.66. The summed E-state index contributed by atoms with van der Waals surface area (Å²) in [6.45, 7) is 6.34. The van der Waals surface area contributed by atoms with Crippen LogP contribution >= 0.6 is 0 Å². The topological polar surface area (TPSA) is 66.0 Å². The second kappa shape index (κ2) is 11.9. The number of carbonyl (C=O) groups excluding carboxylic acids is 1. The number of aliphatic imine (C=N–C) groups is 1. The van der Waals surface area contributed by atoms with Crippen LogP contribution in [0.5, 0.6) is 5.75 Å². The predicted octanol–water partition coefficient (Wildman–Crippen LogP) is 3.68. The van der Waals surface area contributed by atoms with Crippen LogP contribution in [0.4, 0.5) is 0 Å². The molecule has 0 unspecified atom stereocenters. The van der Waals surface area contributed by atoms with Crippen molar-refractivity contribution in [1.29, 1.82) is 0 Å². The van der Waals surface area contributed by atoms with Gasteiger partial charge in [-0.25, -0.2) is 0 Å². The molecule has 1 amide bonds. The van der Waals surface area contributed by atoms with Crippen molar-refractivity contribution in [1.82, 2.24) is 15.5 Å². The molecule has 30 heavy (non-hydrogen) atoms. The maximum Gasteiger partial charge on any atom is 0.253 e. The number of amides is 1. The molecule has 0 saturated heterocycles. The number of carbonyl (C=O) groups is 1. The number of nitrogens with zero attached hydrogens (tertiary/aromatic N) is 2. The van der Waals surface area contributed by atoms with Gasteiger partial charge in [-0.15, -0.1) is 0 Å².